The van der Waals surface area contributed by atoms with Crippen LogP contribution in [0.3, 0.4) is 0 Å². The van der Waals surface area contributed by atoms with Crippen LogP contribution in [0.25, 0.3) is 0 Å². The second-order valence-electron chi connectivity index (χ2n) is 3.84. The van der Waals surface area contributed by atoms with Crippen molar-refractivity contribution in [1.29, 1.82) is 0 Å². The van der Waals surface area contributed by atoms with E-state index in [1.54, 1.807) is 24.3 Å². The van der Waals surface area contributed by atoms with E-state index < -0.39 is 5.97 Å². The number of carboxylic acid groups (broad SMARTS) is 1. The molecule has 0 unspecified atom stereocenters. The molecule has 0 saturated carbocycles. The van der Waals surface area contributed by atoms with Gasteiger partial charge >= 0.3 is 5.97 Å². The van der Waals surface area contributed by atoms with Gasteiger partial charge < -0.3 is 14.8 Å². The summed E-state index contributed by atoms with van der Waals surface area (Å²) in [5, 5.41) is 18.2. The number of aromatic hydroxyl groups is 1. The zero-order valence-corrected chi connectivity index (χ0v) is 9.15. The number of aliphatic carboxylic acids is 1. The highest BCUT2D eigenvalue weighted by atomic mass is 16.4. The Morgan fingerprint density at radius 3 is 2.29 bits per heavy atom. The van der Waals surface area contributed by atoms with Gasteiger partial charge in [-0.25, -0.2) is 0 Å². The van der Waals surface area contributed by atoms with Gasteiger partial charge in [-0.15, -0.1) is 0 Å². The van der Waals surface area contributed by atoms with Crippen LogP contribution in [-0.2, 0) is 4.79 Å². The molecule has 0 amide bonds. The number of hydrogen-bond acceptors (Lipinski definition) is 2. The highest BCUT2D eigenvalue weighted by molar-refractivity contribution is 5.68. The molecule has 0 saturated heterocycles. The Balaban J connectivity index is 2.33. The van der Waals surface area contributed by atoms with Crippen molar-refractivity contribution in [3.8, 4) is 5.75 Å². The molecule has 2 N–H and O–H groups in total. The summed E-state index contributed by atoms with van der Waals surface area (Å²) in [4.78, 5) is 10.9. The minimum absolute atomic E-state index is 0.0133. The van der Waals surface area contributed by atoms with Crippen molar-refractivity contribution in [3.05, 3.63) is 54.4 Å². The van der Waals surface area contributed by atoms with Crippen molar-refractivity contribution in [2.24, 2.45) is 0 Å². The molecule has 2 aromatic rings. The fourth-order valence-corrected chi connectivity index (χ4v) is 1.81. The van der Waals surface area contributed by atoms with Crippen molar-refractivity contribution >= 4 is 5.97 Å². The lowest BCUT2D eigenvalue weighted by atomic mass is 10.0. The largest absolute Gasteiger partial charge is 0.508 e. The molecule has 2 rings (SSSR count). The SMILES string of the molecule is O=C(O)C[C@@H](c1ccc(O)cc1)n1cccc1. The highest BCUT2D eigenvalue weighted by Crippen LogP contribution is 2.24. The molecule has 4 nitrogen and oxygen atoms in total. The molecule has 0 spiro atoms. The Morgan fingerprint density at radius 1 is 1.18 bits per heavy atom. The number of rotatable bonds is 4. The minimum Gasteiger partial charge on any atom is -0.508 e. The zero-order chi connectivity index (χ0) is 12.3. The summed E-state index contributed by atoms with van der Waals surface area (Å²) in [7, 11) is 0. The molecule has 0 radical (unpaired) electrons. The van der Waals surface area contributed by atoms with Crippen LogP contribution in [0, 0.1) is 0 Å². The van der Waals surface area contributed by atoms with E-state index in [0.717, 1.165) is 5.56 Å². The lowest BCUT2D eigenvalue weighted by Gasteiger charge is -2.17. The van der Waals surface area contributed by atoms with Crippen LogP contribution < -0.4 is 0 Å². The Kier molecular flexibility index (Phi) is 3.14. The van der Waals surface area contributed by atoms with Gasteiger partial charge in [0.1, 0.15) is 5.75 Å². The number of hydrogen-bond donors (Lipinski definition) is 2. The predicted molar refractivity (Wildman–Crippen MR) is 62.9 cm³/mol. The first-order valence-electron chi connectivity index (χ1n) is 5.30. The minimum atomic E-state index is -0.850. The summed E-state index contributed by atoms with van der Waals surface area (Å²) in [6.07, 6.45) is 3.68. The van der Waals surface area contributed by atoms with Gasteiger partial charge in [-0.1, -0.05) is 12.1 Å². The Morgan fingerprint density at radius 2 is 1.76 bits per heavy atom. The van der Waals surface area contributed by atoms with Gasteiger partial charge in [-0.05, 0) is 29.8 Å². The standard InChI is InChI=1S/C13H13NO3/c15-11-5-3-10(4-6-11)12(9-13(16)17)14-7-1-2-8-14/h1-8,12,15H,9H2,(H,16,17)/t12-/m0/s1. The van der Waals surface area contributed by atoms with E-state index in [1.165, 1.54) is 0 Å². The Bertz CT molecular complexity index is 488. The number of nitrogens with zero attached hydrogens (tertiary/aromatic N) is 1. The monoisotopic (exact) mass is 231 g/mol. The number of aromatic nitrogens is 1. The molecule has 17 heavy (non-hydrogen) atoms. The summed E-state index contributed by atoms with van der Waals surface area (Å²) in [6.45, 7) is 0. The van der Waals surface area contributed by atoms with Crippen LogP contribution in [-0.4, -0.2) is 20.7 Å². The highest BCUT2D eigenvalue weighted by Gasteiger charge is 2.16. The van der Waals surface area contributed by atoms with Gasteiger partial charge in [-0.2, -0.15) is 0 Å². The third kappa shape index (κ3) is 2.66. The van der Waals surface area contributed by atoms with Crippen LogP contribution in [0.4, 0.5) is 0 Å². The average molecular weight is 231 g/mol. The smallest absolute Gasteiger partial charge is 0.305 e. The van der Waals surface area contributed by atoms with Crippen LogP contribution in [0.1, 0.15) is 18.0 Å². The second-order valence-corrected chi connectivity index (χ2v) is 3.84. The maximum absolute atomic E-state index is 10.9. The predicted octanol–water partition coefficient (Wildman–Crippen LogP) is 2.26. The molecule has 88 valence electrons. The third-order valence-corrected chi connectivity index (χ3v) is 2.63. The number of carbonyl (C=O) groups is 1. The van der Waals surface area contributed by atoms with Crippen LogP contribution in [0.5, 0.6) is 5.75 Å². The van der Waals surface area contributed by atoms with Crippen molar-refractivity contribution in [2.75, 3.05) is 0 Å². The maximum atomic E-state index is 10.9. The van der Waals surface area contributed by atoms with Crippen molar-refractivity contribution in [1.82, 2.24) is 4.57 Å². The molecule has 1 heterocycles. The quantitative estimate of drug-likeness (QED) is 0.848. The molecule has 0 bridgehead atoms. The summed E-state index contributed by atoms with van der Waals surface area (Å²) in [6, 6.07) is 10.1. The van der Waals surface area contributed by atoms with E-state index in [-0.39, 0.29) is 18.2 Å². The summed E-state index contributed by atoms with van der Waals surface area (Å²) >= 11 is 0. The zero-order valence-electron chi connectivity index (χ0n) is 9.15. The lowest BCUT2D eigenvalue weighted by Crippen LogP contribution is -2.13. The van der Waals surface area contributed by atoms with Gasteiger partial charge in [0.15, 0.2) is 0 Å². The molecule has 4 heteroatoms. The molecule has 1 aromatic carbocycles. The van der Waals surface area contributed by atoms with E-state index in [9.17, 15) is 9.90 Å². The van der Waals surface area contributed by atoms with E-state index in [2.05, 4.69) is 0 Å². The number of benzene rings is 1. The van der Waals surface area contributed by atoms with Crippen molar-refractivity contribution < 1.29 is 15.0 Å². The molecular formula is C13H13NO3. The van der Waals surface area contributed by atoms with E-state index in [0.29, 0.717) is 0 Å². The van der Waals surface area contributed by atoms with E-state index in [4.69, 9.17) is 5.11 Å². The fourth-order valence-electron chi connectivity index (χ4n) is 1.81. The van der Waals surface area contributed by atoms with Crippen LogP contribution in [0.2, 0.25) is 0 Å². The third-order valence-electron chi connectivity index (χ3n) is 2.63. The molecule has 1 atom stereocenters. The molecule has 0 aliphatic heterocycles. The van der Waals surface area contributed by atoms with Crippen LogP contribution in [0.15, 0.2) is 48.8 Å². The molecule has 0 aliphatic carbocycles. The van der Waals surface area contributed by atoms with Gasteiger partial charge in [0.05, 0.1) is 12.5 Å². The summed E-state index contributed by atoms with van der Waals surface area (Å²) in [5.74, 6) is -0.674. The fraction of sp³-hybridized carbons (Fsp3) is 0.154. The van der Waals surface area contributed by atoms with Crippen LogP contribution >= 0.6 is 0 Å². The first-order valence-corrected chi connectivity index (χ1v) is 5.30. The Hall–Kier alpha value is -2.23. The van der Waals surface area contributed by atoms with Crippen molar-refractivity contribution in [3.63, 3.8) is 0 Å². The normalized spacial score (nSPS) is 12.2. The number of phenolic OH excluding ortho intramolecular Hbond substituents is 1. The molecule has 0 aliphatic rings. The van der Waals surface area contributed by atoms with Gasteiger partial charge in [0.25, 0.3) is 0 Å². The topological polar surface area (TPSA) is 62.5 Å². The first-order chi connectivity index (χ1) is 8.16. The number of phenols is 1. The average Bonchev–Trinajstić information content (AvgIpc) is 2.80. The summed E-state index contributed by atoms with van der Waals surface area (Å²) < 4.78 is 1.85. The molecular weight excluding hydrogens is 218 g/mol. The van der Waals surface area contributed by atoms with E-state index in [1.807, 2.05) is 29.1 Å². The van der Waals surface area contributed by atoms with Gasteiger partial charge in [-0.3, -0.25) is 4.79 Å². The van der Waals surface area contributed by atoms with E-state index >= 15 is 0 Å². The van der Waals surface area contributed by atoms with Gasteiger partial charge in [0.2, 0.25) is 0 Å². The maximum Gasteiger partial charge on any atom is 0.305 e. The Labute approximate surface area is 98.8 Å². The second kappa shape index (κ2) is 4.74. The van der Waals surface area contributed by atoms with Gasteiger partial charge in [0, 0.05) is 12.4 Å². The summed E-state index contributed by atoms with van der Waals surface area (Å²) in [5.41, 5.74) is 0.862. The van der Waals surface area contributed by atoms with Crippen molar-refractivity contribution in [2.45, 2.75) is 12.5 Å². The first kappa shape index (κ1) is 11.3. The molecule has 1 aromatic heterocycles. The lowest BCUT2D eigenvalue weighted by molar-refractivity contribution is -0.137. The number of carboxylic acids is 1. The molecule has 0 fully saturated rings.